The van der Waals surface area contributed by atoms with Crippen molar-refractivity contribution in [3.05, 3.63) is 79.9 Å². The van der Waals surface area contributed by atoms with Crippen molar-refractivity contribution in [3.63, 3.8) is 0 Å². The van der Waals surface area contributed by atoms with Crippen LogP contribution in [-0.2, 0) is 26.4 Å². The van der Waals surface area contributed by atoms with E-state index >= 15 is 0 Å². The van der Waals surface area contributed by atoms with Crippen LogP contribution in [0.3, 0.4) is 0 Å². The molecular formula is C21H20N2O3. The maximum Gasteiger partial charge on any atom is 0.317 e. The van der Waals surface area contributed by atoms with Gasteiger partial charge in [-0.1, -0.05) is 24.3 Å². The van der Waals surface area contributed by atoms with E-state index in [1.54, 1.807) is 25.2 Å². The highest BCUT2D eigenvalue weighted by Gasteiger charge is 2.16. The smallest absolute Gasteiger partial charge is 0.305 e. The average Bonchev–Trinajstić information content (AvgIpc) is 2.69. The van der Waals surface area contributed by atoms with E-state index in [-0.39, 0.29) is 12.3 Å². The highest BCUT2D eigenvalue weighted by Crippen LogP contribution is 2.22. The first-order valence-corrected chi connectivity index (χ1v) is 8.90. The normalized spacial score (nSPS) is 13.6. The Morgan fingerprint density at radius 2 is 1.62 bits per heavy atom. The van der Waals surface area contributed by atoms with Gasteiger partial charge in [0.2, 0.25) is 0 Å². The lowest BCUT2D eigenvalue weighted by molar-refractivity contribution is 0.0972. The minimum atomic E-state index is -0.669. The van der Waals surface area contributed by atoms with Gasteiger partial charge in [0.25, 0.3) is 0 Å². The maximum absolute atomic E-state index is 12.8. The molecule has 3 aromatic rings. The molecule has 26 heavy (non-hydrogen) atoms. The Kier molecular flexibility index (Phi) is 4.07. The van der Waals surface area contributed by atoms with Crippen LogP contribution in [0.4, 0.5) is 0 Å². The highest BCUT2D eigenvalue weighted by molar-refractivity contribution is 5.96. The first kappa shape index (κ1) is 16.5. The quantitative estimate of drug-likeness (QED) is 0.540. The van der Waals surface area contributed by atoms with E-state index < -0.39 is 11.1 Å². The first-order chi connectivity index (χ1) is 12.6. The van der Waals surface area contributed by atoms with Crippen LogP contribution in [-0.4, -0.2) is 14.9 Å². The van der Waals surface area contributed by atoms with E-state index in [2.05, 4.69) is 0 Å². The molecule has 1 heterocycles. The minimum absolute atomic E-state index is 0.131. The van der Waals surface area contributed by atoms with Gasteiger partial charge in [-0.3, -0.25) is 19.0 Å². The van der Waals surface area contributed by atoms with Gasteiger partial charge < -0.3 is 4.57 Å². The van der Waals surface area contributed by atoms with E-state index in [0.29, 0.717) is 16.6 Å². The molecule has 0 aliphatic heterocycles. The first-order valence-electron chi connectivity index (χ1n) is 8.90. The zero-order valence-corrected chi connectivity index (χ0v) is 14.7. The van der Waals surface area contributed by atoms with E-state index in [9.17, 15) is 14.4 Å². The van der Waals surface area contributed by atoms with Gasteiger partial charge in [-0.25, -0.2) is 0 Å². The molecule has 0 spiro atoms. The van der Waals surface area contributed by atoms with E-state index in [1.807, 2.05) is 24.3 Å². The lowest BCUT2D eigenvalue weighted by Gasteiger charge is -2.17. The van der Waals surface area contributed by atoms with E-state index in [1.165, 1.54) is 26.7 Å². The third-order valence-corrected chi connectivity index (χ3v) is 5.24. The number of hydrogen-bond donors (Lipinski definition) is 0. The van der Waals surface area contributed by atoms with Crippen LogP contribution in [0.5, 0.6) is 0 Å². The Bertz CT molecular complexity index is 1140. The summed E-state index contributed by atoms with van der Waals surface area (Å²) in [6, 6.07) is 12.9. The monoisotopic (exact) mass is 348 g/mol. The number of aromatic nitrogens is 2. The SMILES string of the molecule is Cn1c(=O)c(=O)n(CC(=O)c2ccc3c(c2)CCCC3)c2ccccc21. The second-order valence-corrected chi connectivity index (χ2v) is 6.86. The number of nitrogens with zero attached hydrogens (tertiary/aromatic N) is 2. The van der Waals surface area contributed by atoms with Crippen LogP contribution in [0.25, 0.3) is 11.0 Å². The Balaban J connectivity index is 1.77. The molecule has 5 nitrogen and oxygen atoms in total. The molecule has 0 atom stereocenters. The number of benzene rings is 2. The summed E-state index contributed by atoms with van der Waals surface area (Å²) in [5.74, 6) is -0.154. The predicted octanol–water partition coefficient (Wildman–Crippen LogP) is 2.46. The minimum Gasteiger partial charge on any atom is -0.305 e. The average molecular weight is 348 g/mol. The van der Waals surface area contributed by atoms with Crippen molar-refractivity contribution in [3.8, 4) is 0 Å². The molecule has 132 valence electrons. The number of ketones is 1. The van der Waals surface area contributed by atoms with E-state index in [0.717, 1.165) is 19.3 Å². The molecule has 2 aromatic carbocycles. The molecule has 0 unspecified atom stereocenters. The Hall–Kier alpha value is -2.95. The fourth-order valence-corrected chi connectivity index (χ4v) is 3.75. The van der Waals surface area contributed by atoms with Gasteiger partial charge in [0, 0.05) is 12.6 Å². The Morgan fingerprint density at radius 1 is 0.923 bits per heavy atom. The molecule has 0 radical (unpaired) electrons. The highest BCUT2D eigenvalue weighted by atomic mass is 16.2. The van der Waals surface area contributed by atoms with Crippen LogP contribution < -0.4 is 11.1 Å². The van der Waals surface area contributed by atoms with Crippen molar-refractivity contribution >= 4 is 16.8 Å². The molecule has 4 rings (SSSR count). The number of fused-ring (bicyclic) bond motifs is 2. The van der Waals surface area contributed by atoms with Crippen molar-refractivity contribution in [1.29, 1.82) is 0 Å². The van der Waals surface area contributed by atoms with Crippen LogP contribution in [0.15, 0.2) is 52.1 Å². The molecular weight excluding hydrogens is 328 g/mol. The second kappa shape index (κ2) is 6.41. The lowest BCUT2D eigenvalue weighted by atomic mass is 9.90. The molecule has 1 aromatic heterocycles. The topological polar surface area (TPSA) is 61.1 Å². The summed E-state index contributed by atoms with van der Waals surface area (Å²) < 4.78 is 2.62. The maximum atomic E-state index is 12.8. The fourth-order valence-electron chi connectivity index (χ4n) is 3.75. The summed E-state index contributed by atoms with van der Waals surface area (Å²) in [6.45, 7) is -0.131. The van der Waals surface area contributed by atoms with Crippen LogP contribution in [0, 0.1) is 0 Å². The molecule has 0 bridgehead atoms. The number of para-hydroxylation sites is 2. The zero-order chi connectivity index (χ0) is 18.3. The standard InChI is InChI=1S/C21H20N2O3/c1-22-17-8-4-5-9-18(17)23(21(26)20(22)25)13-19(24)16-11-10-14-6-2-3-7-15(14)12-16/h4-5,8-12H,2-3,6-7,13H2,1H3. The van der Waals surface area contributed by atoms with E-state index in [4.69, 9.17) is 0 Å². The van der Waals surface area contributed by atoms with Gasteiger partial charge in [-0.05, 0) is 55.0 Å². The Morgan fingerprint density at radius 3 is 2.38 bits per heavy atom. The van der Waals surface area contributed by atoms with Gasteiger partial charge >= 0.3 is 11.1 Å². The fraction of sp³-hybridized carbons (Fsp3) is 0.286. The van der Waals surface area contributed by atoms with Crippen molar-refractivity contribution in [2.24, 2.45) is 7.05 Å². The summed E-state index contributed by atoms with van der Waals surface area (Å²) in [4.78, 5) is 37.5. The lowest BCUT2D eigenvalue weighted by Crippen LogP contribution is -2.41. The Labute approximate surface area is 150 Å². The zero-order valence-electron chi connectivity index (χ0n) is 14.7. The molecule has 0 N–H and O–H groups in total. The summed E-state index contributed by atoms with van der Waals surface area (Å²) in [6.07, 6.45) is 4.38. The summed E-state index contributed by atoms with van der Waals surface area (Å²) >= 11 is 0. The molecule has 1 aliphatic carbocycles. The molecule has 0 fully saturated rings. The number of rotatable bonds is 3. The van der Waals surface area contributed by atoms with Crippen LogP contribution in [0.2, 0.25) is 0 Å². The second-order valence-electron chi connectivity index (χ2n) is 6.86. The predicted molar refractivity (Wildman–Crippen MR) is 101 cm³/mol. The number of carbonyl (C=O) groups excluding carboxylic acids is 1. The van der Waals surface area contributed by atoms with Crippen LogP contribution >= 0.6 is 0 Å². The van der Waals surface area contributed by atoms with Gasteiger partial charge in [0.1, 0.15) is 0 Å². The molecule has 0 saturated carbocycles. The van der Waals surface area contributed by atoms with Gasteiger partial charge in [-0.2, -0.15) is 0 Å². The summed E-state index contributed by atoms with van der Waals surface area (Å²) in [5, 5.41) is 0. The number of carbonyl (C=O) groups is 1. The van der Waals surface area contributed by atoms with Crippen molar-refractivity contribution in [1.82, 2.24) is 9.13 Å². The molecule has 0 saturated heterocycles. The third-order valence-electron chi connectivity index (χ3n) is 5.24. The number of aryl methyl sites for hydroxylation is 3. The molecule has 5 heteroatoms. The number of Topliss-reactive ketones (excluding diaryl/α,β-unsaturated/α-hetero) is 1. The van der Waals surface area contributed by atoms with Crippen LogP contribution in [0.1, 0.15) is 34.3 Å². The molecule has 1 aliphatic rings. The van der Waals surface area contributed by atoms with Gasteiger partial charge in [-0.15, -0.1) is 0 Å². The third kappa shape index (κ3) is 2.69. The molecule has 0 amide bonds. The van der Waals surface area contributed by atoms with Gasteiger partial charge in [0.15, 0.2) is 5.78 Å². The summed E-state index contributed by atoms with van der Waals surface area (Å²) in [5.41, 5.74) is 3.07. The van der Waals surface area contributed by atoms with Crippen molar-refractivity contribution < 1.29 is 4.79 Å². The van der Waals surface area contributed by atoms with Crippen molar-refractivity contribution in [2.75, 3.05) is 0 Å². The van der Waals surface area contributed by atoms with Gasteiger partial charge in [0.05, 0.1) is 17.6 Å². The van der Waals surface area contributed by atoms with Crippen molar-refractivity contribution in [2.45, 2.75) is 32.2 Å². The number of hydrogen-bond acceptors (Lipinski definition) is 3. The summed E-state index contributed by atoms with van der Waals surface area (Å²) in [7, 11) is 1.57. The largest absolute Gasteiger partial charge is 0.317 e.